The highest BCUT2D eigenvalue weighted by Gasteiger charge is 2.23. The van der Waals surface area contributed by atoms with Crippen LogP contribution in [0, 0.1) is 0 Å². The Balaban J connectivity index is 1.10. The first-order valence-corrected chi connectivity index (χ1v) is 19.1. The highest BCUT2D eigenvalue weighted by atomic mass is 16.3. The largest absolute Gasteiger partial charge is 0.455 e. The second kappa shape index (κ2) is 11.0. The van der Waals surface area contributed by atoms with Gasteiger partial charge in [0.05, 0.1) is 27.8 Å². The van der Waals surface area contributed by atoms with Gasteiger partial charge in [-0.1, -0.05) is 133 Å². The first-order chi connectivity index (χ1) is 27.8. The molecule has 0 amide bonds. The number of rotatable bonds is 3. The molecule has 0 bridgehead atoms. The maximum atomic E-state index is 6.77. The fraction of sp³-hybridized carbons (Fsp3) is 0. The van der Waals surface area contributed by atoms with E-state index in [1.165, 1.54) is 60.1 Å². The van der Waals surface area contributed by atoms with Gasteiger partial charge in [-0.05, 0) is 53.9 Å². The van der Waals surface area contributed by atoms with E-state index < -0.39 is 0 Å². The number of aromatic nitrogens is 2. The van der Waals surface area contributed by atoms with Crippen LogP contribution in [0.2, 0.25) is 0 Å². The van der Waals surface area contributed by atoms with Crippen LogP contribution in [0.4, 0.5) is 0 Å². The fourth-order valence-corrected chi connectivity index (χ4v) is 9.54. The molecule has 0 saturated carbocycles. The molecular formula is C52H30N2O2. The van der Waals surface area contributed by atoms with Gasteiger partial charge in [0.2, 0.25) is 0 Å². The Morgan fingerprint density at radius 3 is 1.73 bits per heavy atom. The van der Waals surface area contributed by atoms with Gasteiger partial charge in [-0.15, -0.1) is 0 Å². The molecule has 4 heterocycles. The number of para-hydroxylation sites is 5. The molecule has 0 aliphatic carbocycles. The lowest BCUT2D eigenvalue weighted by Gasteiger charge is -2.12. The molecule has 0 N–H and O–H groups in total. The molecule has 0 radical (unpaired) electrons. The molecule has 13 aromatic rings. The van der Waals surface area contributed by atoms with Crippen molar-refractivity contribution in [3.8, 4) is 22.5 Å². The van der Waals surface area contributed by atoms with E-state index in [4.69, 9.17) is 8.83 Å². The van der Waals surface area contributed by atoms with Crippen molar-refractivity contribution in [2.75, 3.05) is 0 Å². The molecular weight excluding hydrogens is 685 g/mol. The number of furan rings is 2. The summed E-state index contributed by atoms with van der Waals surface area (Å²) in [5, 5.41) is 11.7. The highest BCUT2D eigenvalue weighted by molar-refractivity contribution is 6.26. The van der Waals surface area contributed by atoms with Crippen molar-refractivity contribution < 1.29 is 8.83 Å². The molecule has 13 rings (SSSR count). The summed E-state index contributed by atoms with van der Waals surface area (Å²) in [5.41, 5.74) is 12.5. The van der Waals surface area contributed by atoms with Gasteiger partial charge in [0.15, 0.2) is 0 Å². The first kappa shape index (κ1) is 29.8. The van der Waals surface area contributed by atoms with Crippen LogP contribution in [0.5, 0.6) is 0 Å². The topological polar surface area (TPSA) is 36.1 Å². The summed E-state index contributed by atoms with van der Waals surface area (Å²) in [5.74, 6) is 0. The summed E-state index contributed by atoms with van der Waals surface area (Å²) in [6.45, 7) is 0. The van der Waals surface area contributed by atoms with Gasteiger partial charge in [0, 0.05) is 65.3 Å². The molecule has 0 atom stereocenters. The SMILES string of the molecule is c1ccc2c(-n3c4ccccc4c4c3ccc3c5ccccc5n(-c5ccc6oc7c(-c8cccc9c8oc8ccccc89)cccc7c6c5)c34)cccc2c1. The lowest BCUT2D eigenvalue weighted by atomic mass is 10.00. The van der Waals surface area contributed by atoms with E-state index in [0.29, 0.717) is 0 Å². The molecule has 4 aromatic heterocycles. The van der Waals surface area contributed by atoms with Gasteiger partial charge < -0.3 is 18.0 Å². The fourth-order valence-electron chi connectivity index (χ4n) is 9.54. The van der Waals surface area contributed by atoms with Crippen LogP contribution in [0.3, 0.4) is 0 Å². The molecule has 0 aliphatic heterocycles. The zero-order chi connectivity index (χ0) is 36.5. The number of benzene rings is 9. The molecule has 4 heteroatoms. The molecule has 0 aliphatic rings. The number of hydrogen-bond acceptors (Lipinski definition) is 2. The van der Waals surface area contributed by atoms with E-state index >= 15 is 0 Å². The smallest absolute Gasteiger partial charge is 0.143 e. The predicted octanol–water partition coefficient (Wildman–Crippen LogP) is 14.5. The van der Waals surface area contributed by atoms with Gasteiger partial charge in [-0.25, -0.2) is 0 Å². The van der Waals surface area contributed by atoms with Crippen molar-refractivity contribution in [2.24, 2.45) is 0 Å². The van der Waals surface area contributed by atoms with E-state index in [2.05, 4.69) is 179 Å². The lowest BCUT2D eigenvalue weighted by molar-refractivity contribution is 0.665. The van der Waals surface area contributed by atoms with Gasteiger partial charge >= 0.3 is 0 Å². The van der Waals surface area contributed by atoms with Crippen LogP contribution in [0.15, 0.2) is 191 Å². The van der Waals surface area contributed by atoms with E-state index in [1.54, 1.807) is 0 Å². The van der Waals surface area contributed by atoms with Crippen molar-refractivity contribution in [2.45, 2.75) is 0 Å². The third-order valence-corrected chi connectivity index (χ3v) is 11.9. The van der Waals surface area contributed by atoms with Gasteiger partial charge in [-0.2, -0.15) is 0 Å². The molecule has 260 valence electrons. The van der Waals surface area contributed by atoms with E-state index in [9.17, 15) is 0 Å². The molecule has 4 nitrogen and oxygen atoms in total. The summed E-state index contributed by atoms with van der Waals surface area (Å²) in [7, 11) is 0. The van der Waals surface area contributed by atoms with Gasteiger partial charge in [0.25, 0.3) is 0 Å². The summed E-state index contributed by atoms with van der Waals surface area (Å²) in [6, 6.07) is 65.2. The maximum Gasteiger partial charge on any atom is 0.143 e. The Morgan fingerprint density at radius 1 is 0.339 bits per heavy atom. The molecule has 9 aromatic carbocycles. The van der Waals surface area contributed by atoms with Crippen LogP contribution >= 0.6 is 0 Å². The minimum Gasteiger partial charge on any atom is -0.455 e. The van der Waals surface area contributed by atoms with Crippen LogP contribution < -0.4 is 0 Å². The summed E-state index contributed by atoms with van der Waals surface area (Å²) < 4.78 is 18.2. The lowest BCUT2D eigenvalue weighted by Crippen LogP contribution is -1.96. The molecule has 0 unspecified atom stereocenters. The third-order valence-electron chi connectivity index (χ3n) is 11.9. The molecule has 0 fully saturated rings. The Hall–Kier alpha value is -7.56. The van der Waals surface area contributed by atoms with Crippen LogP contribution in [0.25, 0.3) is 121 Å². The number of nitrogens with zero attached hydrogens (tertiary/aromatic N) is 2. The Labute approximate surface area is 319 Å². The zero-order valence-electron chi connectivity index (χ0n) is 30.0. The summed E-state index contributed by atoms with van der Waals surface area (Å²) in [4.78, 5) is 0. The maximum absolute atomic E-state index is 6.77. The van der Waals surface area contributed by atoms with Gasteiger partial charge in [0.1, 0.15) is 22.3 Å². The summed E-state index contributed by atoms with van der Waals surface area (Å²) >= 11 is 0. The molecule has 56 heavy (non-hydrogen) atoms. The second-order valence-corrected chi connectivity index (χ2v) is 14.8. The Kier molecular flexibility index (Phi) is 5.86. The number of fused-ring (bicyclic) bond motifs is 14. The number of hydrogen-bond donors (Lipinski definition) is 0. The average Bonchev–Trinajstić information content (AvgIpc) is 4.01. The minimum atomic E-state index is 0.853. The van der Waals surface area contributed by atoms with Crippen molar-refractivity contribution in [1.29, 1.82) is 0 Å². The van der Waals surface area contributed by atoms with Crippen molar-refractivity contribution in [1.82, 2.24) is 9.13 Å². The predicted molar refractivity (Wildman–Crippen MR) is 233 cm³/mol. The van der Waals surface area contributed by atoms with Crippen LogP contribution in [-0.2, 0) is 0 Å². The van der Waals surface area contributed by atoms with Crippen LogP contribution in [0.1, 0.15) is 0 Å². The van der Waals surface area contributed by atoms with Crippen LogP contribution in [-0.4, -0.2) is 9.13 Å². The zero-order valence-corrected chi connectivity index (χ0v) is 30.0. The minimum absolute atomic E-state index is 0.853. The van der Waals surface area contributed by atoms with Gasteiger partial charge in [-0.3, -0.25) is 0 Å². The normalized spacial score (nSPS) is 12.3. The summed E-state index contributed by atoms with van der Waals surface area (Å²) in [6.07, 6.45) is 0. The van der Waals surface area contributed by atoms with E-state index in [0.717, 1.165) is 60.7 Å². The second-order valence-electron chi connectivity index (χ2n) is 14.8. The molecule has 0 saturated heterocycles. The highest BCUT2D eigenvalue weighted by Crippen LogP contribution is 2.45. The quantitative estimate of drug-likeness (QED) is 0.183. The average molecular weight is 715 g/mol. The van der Waals surface area contributed by atoms with E-state index in [-0.39, 0.29) is 0 Å². The Morgan fingerprint density at radius 2 is 0.929 bits per heavy atom. The van der Waals surface area contributed by atoms with Crippen molar-refractivity contribution in [3.63, 3.8) is 0 Å². The standard InChI is InChI=1S/C52H30N2O2/c1-2-14-33-31(12-1)13-9-24-43(33)54-45-23-7-4-17-41(45)49-46(54)28-27-36-34-15-3-6-22-44(34)53(50(36)49)32-26-29-48-42(30-32)40-21-11-20-39(52(40)56-48)38-19-10-18-37-35-16-5-8-25-47(35)55-51(37)38/h1-30H. The van der Waals surface area contributed by atoms with Crippen molar-refractivity contribution in [3.05, 3.63) is 182 Å². The third kappa shape index (κ3) is 3.92. The molecule has 0 spiro atoms. The first-order valence-electron chi connectivity index (χ1n) is 19.1. The van der Waals surface area contributed by atoms with E-state index in [1.807, 2.05) is 12.1 Å². The monoisotopic (exact) mass is 714 g/mol. The van der Waals surface area contributed by atoms with Crippen molar-refractivity contribution >= 4 is 98.3 Å². The Bertz CT molecular complexity index is 3770.